The van der Waals surface area contributed by atoms with Crippen molar-refractivity contribution in [1.29, 1.82) is 0 Å². The van der Waals surface area contributed by atoms with Crippen molar-refractivity contribution in [1.82, 2.24) is 9.78 Å². The van der Waals surface area contributed by atoms with E-state index in [0.29, 0.717) is 16.8 Å². The Labute approximate surface area is 163 Å². The first kappa shape index (κ1) is 21.7. The number of hydrogen-bond acceptors (Lipinski definition) is 3. The zero-order chi connectivity index (χ0) is 22.5. The van der Waals surface area contributed by atoms with Crippen LogP contribution >= 0.6 is 0 Å². The van der Waals surface area contributed by atoms with Crippen molar-refractivity contribution in [3.8, 4) is 0 Å². The second-order valence-corrected chi connectivity index (χ2v) is 7.80. The minimum Gasteiger partial charge on any atom is -0.280 e. The summed E-state index contributed by atoms with van der Waals surface area (Å²) < 4.78 is 117. The molecule has 0 bridgehead atoms. The number of halogens is 7. The summed E-state index contributed by atoms with van der Waals surface area (Å²) in [5.41, 5.74) is -3.19. The van der Waals surface area contributed by atoms with E-state index in [0.717, 1.165) is 18.2 Å². The molecule has 0 aliphatic rings. The zero-order valence-electron chi connectivity index (χ0n) is 14.4. The number of benzene rings is 2. The number of aromatic amines is 1. The van der Waals surface area contributed by atoms with Crippen molar-refractivity contribution in [2.24, 2.45) is 0 Å². The predicted octanol–water partition coefficient (Wildman–Crippen LogP) is 3.85. The van der Waals surface area contributed by atoms with Crippen LogP contribution < -0.4 is 10.3 Å². The number of nitrogens with one attached hydrogen (secondary N) is 2. The summed E-state index contributed by atoms with van der Waals surface area (Å²) >= 11 is 0. The first-order valence-corrected chi connectivity index (χ1v) is 9.34. The molecule has 0 amide bonds. The molecule has 0 saturated heterocycles. The maximum Gasteiger partial charge on any atom is 0.419 e. The van der Waals surface area contributed by atoms with Gasteiger partial charge < -0.3 is 0 Å². The van der Waals surface area contributed by atoms with Crippen molar-refractivity contribution in [2.75, 3.05) is 4.72 Å². The number of nitrogens with zero attached hydrogens (tertiary/aromatic N) is 1. The molecule has 0 aliphatic heterocycles. The van der Waals surface area contributed by atoms with Gasteiger partial charge in [-0.05, 0) is 36.4 Å². The number of sulfonamides is 1. The van der Waals surface area contributed by atoms with E-state index >= 15 is 0 Å². The number of hydrogen-bond donors (Lipinski definition) is 2. The van der Waals surface area contributed by atoms with E-state index in [1.54, 1.807) is 0 Å². The summed E-state index contributed by atoms with van der Waals surface area (Å²) in [6.45, 7) is -1.49. The molecule has 0 spiro atoms. The fourth-order valence-corrected chi connectivity index (χ4v) is 3.74. The van der Waals surface area contributed by atoms with Crippen LogP contribution in [0.25, 0.3) is 10.9 Å². The highest BCUT2D eigenvalue weighted by atomic mass is 32.2. The van der Waals surface area contributed by atoms with E-state index in [9.17, 15) is 43.9 Å². The predicted molar refractivity (Wildman–Crippen MR) is 90.8 cm³/mol. The summed E-state index contributed by atoms with van der Waals surface area (Å²) in [6, 6.07) is 4.02. The van der Waals surface area contributed by atoms with Crippen LogP contribution in [0.15, 0.2) is 46.1 Å². The Kier molecular flexibility index (Phi) is 5.08. The largest absolute Gasteiger partial charge is 0.419 e. The standard InChI is InChI=1S/C16H10F7N3O3S/c17-12-3-2-9(6-11(12)16(21,22)23)30(28,29)25-8-1-4-13-10(5-8)14(27)24-26(13)7-15(18,19)20/h1-6,25H,7H2,(H,24,27). The number of alkyl halides is 6. The van der Waals surface area contributed by atoms with E-state index in [-0.39, 0.29) is 22.7 Å². The van der Waals surface area contributed by atoms with E-state index in [1.165, 1.54) is 0 Å². The zero-order valence-corrected chi connectivity index (χ0v) is 15.2. The quantitative estimate of drug-likeness (QED) is 0.584. The van der Waals surface area contributed by atoms with E-state index in [2.05, 4.69) is 0 Å². The molecule has 0 aliphatic carbocycles. The van der Waals surface area contributed by atoms with Gasteiger partial charge in [0.15, 0.2) is 0 Å². The average Bonchev–Trinajstić information content (AvgIpc) is 2.87. The van der Waals surface area contributed by atoms with Crippen LogP contribution in [0.4, 0.5) is 36.4 Å². The van der Waals surface area contributed by atoms with Crippen LogP contribution in [0.2, 0.25) is 0 Å². The molecule has 2 aromatic carbocycles. The number of H-pyrrole nitrogens is 1. The van der Waals surface area contributed by atoms with Crippen LogP contribution in [0.5, 0.6) is 0 Å². The highest BCUT2D eigenvalue weighted by Crippen LogP contribution is 2.33. The van der Waals surface area contributed by atoms with Crippen LogP contribution in [0.3, 0.4) is 0 Å². The SMILES string of the molecule is O=c1[nH]n(CC(F)(F)F)c2ccc(NS(=O)(=O)c3ccc(F)c(C(F)(F)F)c3)cc12. The van der Waals surface area contributed by atoms with Gasteiger partial charge in [0.05, 0.1) is 21.4 Å². The Hall–Kier alpha value is -3.03. The molecule has 2 N–H and O–H groups in total. The number of anilines is 1. The van der Waals surface area contributed by atoms with Gasteiger partial charge in [0.2, 0.25) is 0 Å². The monoisotopic (exact) mass is 457 g/mol. The van der Waals surface area contributed by atoms with Gasteiger partial charge in [-0.3, -0.25) is 19.3 Å². The summed E-state index contributed by atoms with van der Waals surface area (Å²) in [7, 11) is -4.63. The molecular weight excluding hydrogens is 447 g/mol. The molecule has 0 atom stereocenters. The van der Waals surface area contributed by atoms with Gasteiger partial charge in [-0.15, -0.1) is 0 Å². The van der Waals surface area contributed by atoms with Gasteiger partial charge in [0.1, 0.15) is 12.4 Å². The third kappa shape index (κ3) is 4.42. The average molecular weight is 457 g/mol. The van der Waals surface area contributed by atoms with Crippen LogP contribution in [0, 0.1) is 5.82 Å². The molecule has 3 aromatic rings. The topological polar surface area (TPSA) is 84.0 Å². The number of rotatable bonds is 4. The van der Waals surface area contributed by atoms with Gasteiger partial charge in [-0.25, -0.2) is 12.8 Å². The van der Waals surface area contributed by atoms with E-state index < -0.39 is 50.8 Å². The van der Waals surface area contributed by atoms with Gasteiger partial charge in [-0.2, -0.15) is 26.3 Å². The molecule has 6 nitrogen and oxygen atoms in total. The lowest BCUT2D eigenvalue weighted by molar-refractivity contribution is -0.142. The molecule has 30 heavy (non-hydrogen) atoms. The fourth-order valence-electron chi connectivity index (χ4n) is 2.67. The Balaban J connectivity index is 1.98. The van der Waals surface area contributed by atoms with Crippen molar-refractivity contribution in [2.45, 2.75) is 23.8 Å². The molecule has 1 aromatic heterocycles. The van der Waals surface area contributed by atoms with Crippen molar-refractivity contribution in [3.63, 3.8) is 0 Å². The highest BCUT2D eigenvalue weighted by molar-refractivity contribution is 7.92. The highest BCUT2D eigenvalue weighted by Gasteiger charge is 2.35. The lowest BCUT2D eigenvalue weighted by Gasteiger charge is -2.12. The Morgan fingerprint density at radius 1 is 1.00 bits per heavy atom. The molecule has 0 unspecified atom stereocenters. The maximum absolute atomic E-state index is 13.4. The maximum atomic E-state index is 13.4. The second-order valence-electron chi connectivity index (χ2n) is 6.12. The smallest absolute Gasteiger partial charge is 0.280 e. The molecular formula is C16H10F7N3O3S. The molecule has 162 valence electrons. The van der Waals surface area contributed by atoms with Crippen LogP contribution in [-0.4, -0.2) is 24.4 Å². The van der Waals surface area contributed by atoms with E-state index in [4.69, 9.17) is 0 Å². The summed E-state index contributed by atoms with van der Waals surface area (Å²) in [5.74, 6) is -1.67. The second kappa shape index (κ2) is 7.04. The minimum atomic E-state index is -5.14. The normalized spacial score (nSPS) is 13.0. The van der Waals surface area contributed by atoms with Crippen LogP contribution in [0.1, 0.15) is 5.56 Å². The summed E-state index contributed by atoms with van der Waals surface area (Å²) in [6.07, 6.45) is -9.77. The van der Waals surface area contributed by atoms with Gasteiger partial charge in [0.25, 0.3) is 15.6 Å². The first-order chi connectivity index (χ1) is 13.7. The van der Waals surface area contributed by atoms with Crippen molar-refractivity contribution in [3.05, 3.63) is 58.1 Å². The lowest BCUT2D eigenvalue weighted by atomic mass is 10.2. The Bertz CT molecular complexity index is 1270. The summed E-state index contributed by atoms with van der Waals surface area (Å²) in [4.78, 5) is 11.0. The first-order valence-electron chi connectivity index (χ1n) is 7.86. The van der Waals surface area contributed by atoms with Gasteiger partial charge in [-0.1, -0.05) is 0 Å². The Morgan fingerprint density at radius 2 is 1.67 bits per heavy atom. The Morgan fingerprint density at radius 3 is 2.27 bits per heavy atom. The third-order valence-corrected chi connectivity index (χ3v) is 5.29. The minimum absolute atomic E-state index is 0.100. The van der Waals surface area contributed by atoms with Crippen LogP contribution in [-0.2, 0) is 22.7 Å². The van der Waals surface area contributed by atoms with Gasteiger partial charge >= 0.3 is 12.4 Å². The van der Waals surface area contributed by atoms with E-state index in [1.807, 2.05) is 9.82 Å². The molecule has 0 fully saturated rings. The third-order valence-electron chi connectivity index (χ3n) is 3.91. The fraction of sp³-hybridized carbons (Fsp3) is 0.188. The molecule has 0 radical (unpaired) electrons. The number of fused-ring (bicyclic) bond motifs is 1. The summed E-state index contributed by atoms with van der Waals surface area (Å²) in [5, 5.41) is 1.68. The lowest BCUT2D eigenvalue weighted by Crippen LogP contribution is -2.19. The van der Waals surface area contributed by atoms with Crippen molar-refractivity contribution >= 4 is 26.6 Å². The van der Waals surface area contributed by atoms with Gasteiger partial charge in [0, 0.05) is 5.69 Å². The molecule has 0 saturated carbocycles. The molecule has 1 heterocycles. The molecule has 14 heteroatoms. The number of aromatic nitrogens is 2. The van der Waals surface area contributed by atoms with Crippen molar-refractivity contribution < 1.29 is 39.2 Å². The molecule has 3 rings (SSSR count).